The number of aromatic nitrogens is 3. The third-order valence-corrected chi connectivity index (χ3v) is 7.82. The van der Waals surface area contributed by atoms with Crippen molar-refractivity contribution < 1.29 is 23.8 Å². The number of pyridine rings is 1. The molecule has 4 aromatic rings. The van der Waals surface area contributed by atoms with Gasteiger partial charge in [0.1, 0.15) is 22.5 Å². The van der Waals surface area contributed by atoms with E-state index in [9.17, 15) is 24.7 Å². The summed E-state index contributed by atoms with van der Waals surface area (Å²) in [6.45, 7) is 2.76. The highest BCUT2D eigenvalue weighted by Gasteiger charge is 2.35. The predicted molar refractivity (Wildman–Crippen MR) is 142 cm³/mol. The van der Waals surface area contributed by atoms with Gasteiger partial charge in [-0.2, -0.15) is 10.4 Å². The molecule has 39 heavy (non-hydrogen) atoms. The lowest BCUT2D eigenvalue weighted by atomic mass is 10.1. The van der Waals surface area contributed by atoms with Crippen molar-refractivity contribution in [1.82, 2.24) is 19.5 Å². The second-order valence-electron chi connectivity index (χ2n) is 9.12. The van der Waals surface area contributed by atoms with Crippen molar-refractivity contribution in [2.24, 2.45) is 0 Å². The maximum Gasteiger partial charge on any atom is 0.284 e. The minimum absolute atomic E-state index is 0.0633. The number of hydrogen-bond acceptors (Lipinski definition) is 10. The van der Waals surface area contributed by atoms with E-state index in [-0.39, 0.29) is 38.3 Å². The first-order chi connectivity index (χ1) is 18.7. The largest absolute Gasteiger partial charge is 0.366 e. The summed E-state index contributed by atoms with van der Waals surface area (Å²) in [7, 11) is 1.80. The number of aldehydes is 1. The molecular formula is C26H25F2N7O3S. The van der Waals surface area contributed by atoms with E-state index in [0.29, 0.717) is 50.3 Å². The van der Waals surface area contributed by atoms with Gasteiger partial charge in [-0.25, -0.2) is 23.2 Å². The number of anilines is 3. The number of hydrogen-bond donors (Lipinski definition) is 2. The van der Waals surface area contributed by atoms with Crippen LogP contribution in [0.2, 0.25) is 0 Å². The molecule has 0 aliphatic carbocycles. The molecule has 0 radical (unpaired) electrons. The Morgan fingerprint density at radius 2 is 1.90 bits per heavy atom. The van der Waals surface area contributed by atoms with Crippen LogP contribution in [0.15, 0.2) is 36.5 Å². The van der Waals surface area contributed by atoms with Gasteiger partial charge in [-0.15, -0.1) is 0 Å². The fourth-order valence-corrected chi connectivity index (χ4v) is 5.57. The van der Waals surface area contributed by atoms with Gasteiger partial charge in [-0.1, -0.05) is 18.3 Å². The van der Waals surface area contributed by atoms with Crippen molar-refractivity contribution in [3.8, 4) is 17.3 Å². The Morgan fingerprint density at radius 1 is 1.21 bits per heavy atom. The van der Waals surface area contributed by atoms with Crippen LogP contribution in [0, 0.1) is 23.0 Å². The van der Waals surface area contributed by atoms with Crippen molar-refractivity contribution in [1.29, 1.82) is 5.26 Å². The standard InChI is InChI=1S/C26H25F2N7O3S/c1-3-19-24(32(2)25-30-23(22(13-29)39-25)16-4-6-17(27)7-5-16)21-12-20(18(28)14-35(21)31-19)33-8-10-34(11-9-33)26(37,38)15-36/h4-7,12,14-15,37-38H,3,8-11H2,1-2H3. The molecule has 202 valence electrons. The zero-order valence-corrected chi connectivity index (χ0v) is 22.0. The first-order valence-corrected chi connectivity index (χ1v) is 13.0. The molecule has 4 heterocycles. The van der Waals surface area contributed by atoms with Gasteiger partial charge in [0.2, 0.25) is 0 Å². The van der Waals surface area contributed by atoms with Crippen LogP contribution in [0.1, 0.15) is 17.5 Å². The highest BCUT2D eigenvalue weighted by atomic mass is 32.1. The van der Waals surface area contributed by atoms with E-state index in [0.717, 1.165) is 0 Å². The van der Waals surface area contributed by atoms with E-state index in [4.69, 9.17) is 0 Å². The van der Waals surface area contributed by atoms with Crippen LogP contribution in [0.5, 0.6) is 0 Å². The summed E-state index contributed by atoms with van der Waals surface area (Å²) < 4.78 is 30.2. The van der Waals surface area contributed by atoms with E-state index in [1.165, 1.54) is 39.1 Å². The number of nitrogens with zero attached hydrogens (tertiary/aromatic N) is 7. The molecule has 0 saturated carbocycles. The van der Waals surface area contributed by atoms with Gasteiger partial charge >= 0.3 is 0 Å². The molecule has 1 aromatic carbocycles. The summed E-state index contributed by atoms with van der Waals surface area (Å²) in [6, 6.07) is 9.63. The lowest BCUT2D eigenvalue weighted by Gasteiger charge is -2.39. The van der Waals surface area contributed by atoms with Gasteiger partial charge in [-0.05, 0) is 36.8 Å². The molecule has 1 aliphatic heterocycles. The molecule has 3 aromatic heterocycles. The van der Waals surface area contributed by atoms with Gasteiger partial charge < -0.3 is 20.0 Å². The zero-order chi connectivity index (χ0) is 27.9. The van der Waals surface area contributed by atoms with Crippen LogP contribution in [0.4, 0.5) is 25.3 Å². The van der Waals surface area contributed by atoms with Gasteiger partial charge in [0.15, 0.2) is 17.2 Å². The van der Waals surface area contributed by atoms with Crippen LogP contribution in [0.3, 0.4) is 0 Å². The monoisotopic (exact) mass is 553 g/mol. The molecule has 13 heteroatoms. The zero-order valence-electron chi connectivity index (χ0n) is 21.2. The highest BCUT2D eigenvalue weighted by Crippen LogP contribution is 2.39. The molecule has 10 nitrogen and oxygen atoms in total. The number of benzene rings is 1. The van der Waals surface area contributed by atoms with E-state index < -0.39 is 11.7 Å². The fourth-order valence-electron chi connectivity index (χ4n) is 4.72. The van der Waals surface area contributed by atoms with Gasteiger partial charge in [0, 0.05) is 38.8 Å². The van der Waals surface area contributed by atoms with Crippen molar-refractivity contribution >= 4 is 39.6 Å². The van der Waals surface area contributed by atoms with E-state index in [1.807, 2.05) is 11.8 Å². The Hall–Kier alpha value is -3.96. The number of carbonyl (C=O) groups excluding carboxylic acids is 1. The quantitative estimate of drug-likeness (QED) is 0.263. The predicted octanol–water partition coefficient (Wildman–Crippen LogP) is 2.90. The number of aliphatic hydroxyl groups is 2. The normalized spacial score (nSPS) is 14.5. The van der Waals surface area contributed by atoms with Crippen molar-refractivity contribution in [2.45, 2.75) is 19.3 Å². The minimum Gasteiger partial charge on any atom is -0.366 e. The SMILES string of the molecule is CCc1nn2cc(F)c(N3CCN(C(O)(O)C=O)CC3)cc2c1N(C)c1nc(-c2ccc(F)cc2)c(C#N)s1. The number of thiazole rings is 1. The maximum absolute atomic E-state index is 15.2. The number of nitriles is 1. The van der Waals surface area contributed by atoms with Crippen molar-refractivity contribution in [2.75, 3.05) is 43.0 Å². The summed E-state index contributed by atoms with van der Waals surface area (Å²) in [6.07, 6.45) is 1.92. The number of piperazine rings is 1. The van der Waals surface area contributed by atoms with E-state index >= 15 is 4.39 Å². The number of halogens is 2. The van der Waals surface area contributed by atoms with Crippen LogP contribution >= 0.6 is 11.3 Å². The summed E-state index contributed by atoms with van der Waals surface area (Å²) in [5.74, 6) is -3.44. The van der Waals surface area contributed by atoms with E-state index in [2.05, 4.69) is 16.2 Å². The first kappa shape index (κ1) is 26.6. The van der Waals surface area contributed by atoms with Gasteiger partial charge in [0.25, 0.3) is 5.91 Å². The average molecular weight is 554 g/mol. The van der Waals surface area contributed by atoms with Crippen LogP contribution in [-0.2, 0) is 11.2 Å². The molecule has 0 bridgehead atoms. The van der Waals surface area contributed by atoms with Crippen LogP contribution in [0.25, 0.3) is 16.8 Å². The molecule has 0 atom stereocenters. The Balaban J connectivity index is 1.52. The van der Waals surface area contributed by atoms with Crippen molar-refractivity contribution in [3.63, 3.8) is 0 Å². The molecule has 1 fully saturated rings. The second kappa shape index (κ2) is 10.3. The number of carbonyl (C=O) groups is 1. The van der Waals surface area contributed by atoms with Crippen LogP contribution in [-0.4, -0.2) is 75.1 Å². The number of rotatable bonds is 7. The van der Waals surface area contributed by atoms with E-state index in [1.54, 1.807) is 30.1 Å². The fraction of sp³-hybridized carbons (Fsp3) is 0.308. The first-order valence-electron chi connectivity index (χ1n) is 12.2. The molecule has 0 unspecified atom stereocenters. The maximum atomic E-state index is 15.2. The topological polar surface area (TPSA) is 121 Å². The van der Waals surface area contributed by atoms with Crippen molar-refractivity contribution in [3.05, 3.63) is 58.7 Å². The number of aryl methyl sites for hydroxylation is 1. The molecule has 1 aliphatic rings. The number of fused-ring (bicyclic) bond motifs is 1. The third kappa shape index (κ3) is 4.83. The molecule has 5 rings (SSSR count). The minimum atomic E-state index is -2.56. The lowest BCUT2D eigenvalue weighted by Crippen LogP contribution is -2.58. The third-order valence-electron chi connectivity index (χ3n) is 6.78. The summed E-state index contributed by atoms with van der Waals surface area (Å²) in [5.41, 5.74) is 3.40. The Labute approximate surface area is 226 Å². The summed E-state index contributed by atoms with van der Waals surface area (Å²) in [5, 5.41) is 34.5. The van der Waals surface area contributed by atoms with Gasteiger partial charge in [0.05, 0.1) is 28.8 Å². The average Bonchev–Trinajstić information content (AvgIpc) is 3.54. The molecule has 0 amide bonds. The molecule has 0 spiro atoms. The molecular weight excluding hydrogens is 528 g/mol. The molecule has 2 N–H and O–H groups in total. The second-order valence-corrected chi connectivity index (χ2v) is 10.1. The summed E-state index contributed by atoms with van der Waals surface area (Å²) >= 11 is 1.19. The Morgan fingerprint density at radius 3 is 2.51 bits per heavy atom. The van der Waals surface area contributed by atoms with Gasteiger partial charge in [-0.3, -0.25) is 4.79 Å². The Kier molecular flexibility index (Phi) is 7.04. The Bertz CT molecular complexity index is 1570. The van der Waals surface area contributed by atoms with Crippen LogP contribution < -0.4 is 9.80 Å². The highest BCUT2D eigenvalue weighted by molar-refractivity contribution is 7.16. The lowest BCUT2D eigenvalue weighted by molar-refractivity contribution is -0.239. The molecule has 1 saturated heterocycles. The smallest absolute Gasteiger partial charge is 0.284 e. The summed E-state index contributed by atoms with van der Waals surface area (Å²) in [4.78, 5) is 20.9.